The van der Waals surface area contributed by atoms with E-state index in [2.05, 4.69) is 10.3 Å². The van der Waals surface area contributed by atoms with E-state index in [9.17, 15) is 4.79 Å². The van der Waals surface area contributed by atoms with Gasteiger partial charge in [-0.1, -0.05) is 24.3 Å². The van der Waals surface area contributed by atoms with E-state index in [-0.39, 0.29) is 5.91 Å². The molecule has 1 fully saturated rings. The number of ether oxygens (including phenoxy) is 2. The van der Waals surface area contributed by atoms with E-state index in [0.717, 1.165) is 22.4 Å². The van der Waals surface area contributed by atoms with Gasteiger partial charge in [0.2, 0.25) is 0 Å². The summed E-state index contributed by atoms with van der Waals surface area (Å²) in [5.74, 6) is 1.17. The molecule has 3 rings (SSSR count). The number of rotatable bonds is 5. The molecule has 1 saturated heterocycles. The molecule has 1 aliphatic heterocycles. The standard InChI is InChI=1S/C21H22N2O3S/c1-5-26-17-11-15(9-10-16(17)25-4)12-18-20(24)23-21(27-18)22-19-13(2)7-6-8-14(19)3/h6-12H,5H2,1-4H3,(H,22,23,24)/b18-12-. The van der Waals surface area contributed by atoms with E-state index < -0.39 is 0 Å². The summed E-state index contributed by atoms with van der Waals surface area (Å²) in [5.41, 5.74) is 3.91. The van der Waals surface area contributed by atoms with Gasteiger partial charge in [-0.15, -0.1) is 0 Å². The lowest BCUT2D eigenvalue weighted by Crippen LogP contribution is -2.19. The predicted octanol–water partition coefficient (Wildman–Crippen LogP) is 4.60. The van der Waals surface area contributed by atoms with Crippen molar-refractivity contribution in [3.05, 3.63) is 58.0 Å². The highest BCUT2D eigenvalue weighted by Gasteiger charge is 2.24. The van der Waals surface area contributed by atoms with Crippen molar-refractivity contribution in [2.24, 2.45) is 4.99 Å². The number of nitrogens with zero attached hydrogens (tertiary/aromatic N) is 1. The molecule has 1 aliphatic rings. The number of benzene rings is 2. The number of amides is 1. The molecule has 5 nitrogen and oxygen atoms in total. The maximum atomic E-state index is 12.3. The van der Waals surface area contributed by atoms with Crippen LogP contribution in [0.4, 0.5) is 5.69 Å². The number of nitrogens with one attached hydrogen (secondary N) is 1. The van der Waals surface area contributed by atoms with Crippen molar-refractivity contribution in [1.82, 2.24) is 5.32 Å². The first kappa shape index (κ1) is 19.0. The van der Waals surface area contributed by atoms with Gasteiger partial charge in [-0.3, -0.25) is 4.79 Å². The van der Waals surface area contributed by atoms with Gasteiger partial charge >= 0.3 is 0 Å². The Morgan fingerprint density at radius 2 is 1.89 bits per heavy atom. The molecule has 1 N–H and O–H groups in total. The molecule has 0 saturated carbocycles. The van der Waals surface area contributed by atoms with Crippen LogP contribution >= 0.6 is 11.8 Å². The SMILES string of the molecule is CCOc1cc(/C=C2\SC(=Nc3c(C)cccc3C)NC2=O)ccc1OC. The van der Waals surface area contributed by atoms with Gasteiger partial charge in [0, 0.05) is 0 Å². The molecule has 140 valence electrons. The second kappa shape index (κ2) is 8.31. The van der Waals surface area contributed by atoms with Crippen molar-refractivity contribution in [3.63, 3.8) is 0 Å². The van der Waals surface area contributed by atoms with E-state index >= 15 is 0 Å². The average Bonchev–Trinajstić information content (AvgIpc) is 2.98. The van der Waals surface area contributed by atoms with Gasteiger partial charge in [-0.25, -0.2) is 4.99 Å². The van der Waals surface area contributed by atoms with Crippen LogP contribution in [0.3, 0.4) is 0 Å². The van der Waals surface area contributed by atoms with Crippen LogP contribution in [0.5, 0.6) is 11.5 Å². The largest absolute Gasteiger partial charge is 0.493 e. The molecular weight excluding hydrogens is 360 g/mol. The third-order valence-corrected chi connectivity index (χ3v) is 5.00. The van der Waals surface area contributed by atoms with E-state index in [4.69, 9.17) is 9.47 Å². The molecule has 0 unspecified atom stereocenters. The predicted molar refractivity (Wildman–Crippen MR) is 111 cm³/mol. The van der Waals surface area contributed by atoms with Crippen LogP contribution in [0.25, 0.3) is 6.08 Å². The Morgan fingerprint density at radius 1 is 1.15 bits per heavy atom. The fourth-order valence-electron chi connectivity index (χ4n) is 2.77. The fourth-order valence-corrected chi connectivity index (χ4v) is 3.59. The fraction of sp³-hybridized carbons (Fsp3) is 0.238. The number of methoxy groups -OCH3 is 1. The molecule has 27 heavy (non-hydrogen) atoms. The molecule has 0 atom stereocenters. The van der Waals surface area contributed by atoms with Crippen molar-refractivity contribution in [2.45, 2.75) is 20.8 Å². The lowest BCUT2D eigenvalue weighted by molar-refractivity contribution is -0.115. The summed E-state index contributed by atoms with van der Waals surface area (Å²) >= 11 is 1.33. The summed E-state index contributed by atoms with van der Waals surface area (Å²) in [4.78, 5) is 17.6. The average molecular weight is 382 g/mol. The van der Waals surface area contributed by atoms with E-state index in [1.807, 2.05) is 63.2 Å². The normalized spacial score (nSPS) is 16.7. The van der Waals surface area contributed by atoms with Crippen molar-refractivity contribution in [2.75, 3.05) is 13.7 Å². The molecule has 0 aromatic heterocycles. The minimum atomic E-state index is -0.154. The Hall–Kier alpha value is -2.73. The summed E-state index contributed by atoms with van der Waals surface area (Å²) in [6.07, 6.45) is 1.83. The van der Waals surface area contributed by atoms with Crippen molar-refractivity contribution in [3.8, 4) is 11.5 Å². The van der Waals surface area contributed by atoms with Crippen LogP contribution in [-0.4, -0.2) is 24.8 Å². The third kappa shape index (κ3) is 4.34. The van der Waals surface area contributed by atoms with Crippen molar-refractivity contribution < 1.29 is 14.3 Å². The Morgan fingerprint density at radius 3 is 2.56 bits per heavy atom. The molecule has 0 aliphatic carbocycles. The van der Waals surface area contributed by atoms with E-state index in [1.165, 1.54) is 11.8 Å². The van der Waals surface area contributed by atoms with Gasteiger partial charge < -0.3 is 14.8 Å². The van der Waals surface area contributed by atoms with Gasteiger partial charge in [0.1, 0.15) is 0 Å². The molecule has 1 heterocycles. The van der Waals surface area contributed by atoms with Gasteiger partial charge in [-0.2, -0.15) is 0 Å². The topological polar surface area (TPSA) is 59.9 Å². The van der Waals surface area contributed by atoms with Crippen LogP contribution in [-0.2, 0) is 4.79 Å². The number of amidine groups is 1. The van der Waals surface area contributed by atoms with Gasteiger partial charge in [0.25, 0.3) is 5.91 Å². The van der Waals surface area contributed by atoms with Crippen LogP contribution in [0.1, 0.15) is 23.6 Å². The Kier molecular flexibility index (Phi) is 5.86. The summed E-state index contributed by atoms with van der Waals surface area (Å²) in [7, 11) is 1.60. The molecule has 1 amide bonds. The van der Waals surface area contributed by atoms with Gasteiger partial charge in [-0.05, 0) is 67.4 Å². The first-order valence-electron chi connectivity index (χ1n) is 8.68. The number of carbonyl (C=O) groups excluding carboxylic acids is 1. The highest BCUT2D eigenvalue weighted by molar-refractivity contribution is 8.18. The highest BCUT2D eigenvalue weighted by Crippen LogP contribution is 2.33. The second-order valence-electron chi connectivity index (χ2n) is 6.07. The maximum absolute atomic E-state index is 12.3. The zero-order valence-electron chi connectivity index (χ0n) is 15.8. The minimum absolute atomic E-state index is 0.154. The quantitative estimate of drug-likeness (QED) is 0.768. The summed E-state index contributed by atoms with van der Waals surface area (Å²) in [5, 5.41) is 3.42. The van der Waals surface area contributed by atoms with Crippen molar-refractivity contribution in [1.29, 1.82) is 0 Å². The number of aryl methyl sites for hydroxylation is 2. The Bertz CT molecular complexity index is 915. The zero-order valence-corrected chi connectivity index (χ0v) is 16.6. The lowest BCUT2D eigenvalue weighted by Gasteiger charge is -2.09. The van der Waals surface area contributed by atoms with Crippen molar-refractivity contribution >= 4 is 34.6 Å². The molecule has 2 aromatic rings. The zero-order chi connectivity index (χ0) is 19.4. The highest BCUT2D eigenvalue weighted by atomic mass is 32.2. The Labute approximate surface area is 163 Å². The smallest absolute Gasteiger partial charge is 0.264 e. The number of aliphatic imine (C=N–C) groups is 1. The minimum Gasteiger partial charge on any atom is -0.493 e. The number of hydrogen-bond acceptors (Lipinski definition) is 5. The molecule has 0 spiro atoms. The molecule has 0 radical (unpaired) electrons. The van der Waals surface area contributed by atoms with E-state index in [0.29, 0.717) is 28.2 Å². The summed E-state index contributed by atoms with van der Waals surface area (Å²) in [6.45, 7) is 6.48. The van der Waals surface area contributed by atoms with Crippen LogP contribution < -0.4 is 14.8 Å². The number of thioether (sulfide) groups is 1. The first-order chi connectivity index (χ1) is 13.0. The van der Waals surface area contributed by atoms with Crippen LogP contribution in [0, 0.1) is 13.8 Å². The molecular formula is C21H22N2O3S. The number of para-hydroxylation sites is 1. The summed E-state index contributed by atoms with van der Waals surface area (Å²) in [6, 6.07) is 11.6. The van der Waals surface area contributed by atoms with Gasteiger partial charge in [0.05, 0.1) is 24.3 Å². The maximum Gasteiger partial charge on any atom is 0.264 e. The van der Waals surface area contributed by atoms with E-state index in [1.54, 1.807) is 7.11 Å². The van der Waals surface area contributed by atoms with Crippen LogP contribution in [0.2, 0.25) is 0 Å². The van der Waals surface area contributed by atoms with Crippen LogP contribution in [0.15, 0.2) is 46.3 Å². The molecule has 6 heteroatoms. The molecule has 0 bridgehead atoms. The first-order valence-corrected chi connectivity index (χ1v) is 9.50. The molecule has 2 aromatic carbocycles. The third-order valence-electron chi connectivity index (χ3n) is 4.09. The monoisotopic (exact) mass is 382 g/mol. The lowest BCUT2D eigenvalue weighted by atomic mass is 10.1. The van der Waals surface area contributed by atoms with Gasteiger partial charge in [0.15, 0.2) is 16.7 Å². The second-order valence-corrected chi connectivity index (χ2v) is 7.10. The Balaban J connectivity index is 1.87. The summed E-state index contributed by atoms with van der Waals surface area (Å²) < 4.78 is 10.9. The number of hydrogen-bond donors (Lipinski definition) is 1. The number of carbonyl (C=O) groups is 1.